The molecular formula is C20H25NO. The van der Waals surface area contributed by atoms with E-state index in [0.29, 0.717) is 5.69 Å². The highest BCUT2D eigenvalue weighted by molar-refractivity contribution is 6.01. The maximum absolute atomic E-state index is 12.9. The first kappa shape index (κ1) is 16.4. The highest BCUT2D eigenvalue weighted by atomic mass is 16.1. The predicted octanol–water partition coefficient (Wildman–Crippen LogP) is 5.54. The normalized spacial score (nSPS) is 12.1. The second-order valence-electron chi connectivity index (χ2n) is 5.73. The summed E-state index contributed by atoms with van der Waals surface area (Å²) in [4.78, 5) is 17.3. The predicted molar refractivity (Wildman–Crippen MR) is 91.9 cm³/mol. The first-order valence-corrected chi connectivity index (χ1v) is 8.32. The van der Waals surface area contributed by atoms with Crippen molar-refractivity contribution in [1.82, 2.24) is 4.98 Å². The summed E-state index contributed by atoms with van der Waals surface area (Å²) in [5.41, 5.74) is 2.63. The standard InChI is InChI=1S/C20H25NO/c1-3-5-7-11-16(4-2)20(22)19-18(14-10-15-21-19)17-12-8-6-9-13-17/h6,8-10,12-16H,3-5,7,11H2,1-2H3. The summed E-state index contributed by atoms with van der Waals surface area (Å²) in [6, 6.07) is 13.9. The zero-order valence-corrected chi connectivity index (χ0v) is 13.6. The maximum Gasteiger partial charge on any atom is 0.184 e. The van der Waals surface area contributed by atoms with Crippen LogP contribution in [-0.4, -0.2) is 10.8 Å². The van der Waals surface area contributed by atoms with Gasteiger partial charge in [0.05, 0.1) is 0 Å². The average Bonchev–Trinajstić information content (AvgIpc) is 2.59. The van der Waals surface area contributed by atoms with Crippen molar-refractivity contribution in [3.05, 3.63) is 54.4 Å². The number of pyridine rings is 1. The average molecular weight is 295 g/mol. The summed E-state index contributed by atoms with van der Waals surface area (Å²) in [6.07, 6.45) is 7.06. The van der Waals surface area contributed by atoms with E-state index in [4.69, 9.17) is 0 Å². The Kier molecular flexibility index (Phi) is 6.32. The molecule has 116 valence electrons. The summed E-state index contributed by atoms with van der Waals surface area (Å²) in [6.45, 7) is 4.29. The van der Waals surface area contributed by atoms with Gasteiger partial charge in [0.25, 0.3) is 0 Å². The van der Waals surface area contributed by atoms with Gasteiger partial charge in [-0.15, -0.1) is 0 Å². The van der Waals surface area contributed by atoms with Crippen LogP contribution in [0.4, 0.5) is 0 Å². The number of hydrogen-bond donors (Lipinski definition) is 0. The molecule has 0 spiro atoms. The van der Waals surface area contributed by atoms with Gasteiger partial charge in [-0.2, -0.15) is 0 Å². The smallest absolute Gasteiger partial charge is 0.184 e. The van der Waals surface area contributed by atoms with E-state index in [-0.39, 0.29) is 11.7 Å². The van der Waals surface area contributed by atoms with Crippen molar-refractivity contribution in [3.63, 3.8) is 0 Å². The number of ketones is 1. The van der Waals surface area contributed by atoms with Gasteiger partial charge in [0.1, 0.15) is 5.69 Å². The molecule has 1 unspecified atom stereocenters. The number of hydrogen-bond acceptors (Lipinski definition) is 2. The monoisotopic (exact) mass is 295 g/mol. The van der Waals surface area contributed by atoms with Crippen LogP contribution in [0, 0.1) is 5.92 Å². The molecule has 0 aliphatic carbocycles. The number of nitrogens with zero attached hydrogens (tertiary/aromatic N) is 1. The number of rotatable bonds is 8. The third-order valence-electron chi connectivity index (χ3n) is 4.15. The number of benzene rings is 1. The zero-order valence-electron chi connectivity index (χ0n) is 13.6. The fourth-order valence-electron chi connectivity index (χ4n) is 2.81. The van der Waals surface area contributed by atoms with Gasteiger partial charge >= 0.3 is 0 Å². The quantitative estimate of drug-likeness (QED) is 0.473. The Labute approximate surface area is 133 Å². The summed E-state index contributed by atoms with van der Waals surface area (Å²) in [5, 5.41) is 0. The highest BCUT2D eigenvalue weighted by Crippen LogP contribution is 2.26. The van der Waals surface area contributed by atoms with Gasteiger partial charge in [0, 0.05) is 17.7 Å². The van der Waals surface area contributed by atoms with Gasteiger partial charge in [-0.1, -0.05) is 69.5 Å². The molecule has 0 saturated heterocycles. The third kappa shape index (κ3) is 4.03. The Morgan fingerprint density at radius 1 is 1.05 bits per heavy atom. The molecule has 0 bridgehead atoms. The molecule has 2 aromatic rings. The minimum absolute atomic E-state index is 0.0870. The first-order valence-electron chi connectivity index (χ1n) is 8.32. The van der Waals surface area contributed by atoms with Crippen LogP contribution < -0.4 is 0 Å². The Bertz CT molecular complexity index is 592. The van der Waals surface area contributed by atoms with Crippen LogP contribution in [0.3, 0.4) is 0 Å². The molecule has 22 heavy (non-hydrogen) atoms. The molecule has 0 saturated carbocycles. The minimum atomic E-state index is 0.0870. The Morgan fingerprint density at radius 3 is 2.50 bits per heavy atom. The van der Waals surface area contributed by atoms with Crippen LogP contribution in [0.1, 0.15) is 56.4 Å². The Morgan fingerprint density at radius 2 is 1.82 bits per heavy atom. The number of aromatic nitrogens is 1. The summed E-state index contributed by atoms with van der Waals surface area (Å²) in [7, 11) is 0. The van der Waals surface area contributed by atoms with Crippen LogP contribution in [0.25, 0.3) is 11.1 Å². The molecule has 0 aliphatic rings. The van der Waals surface area contributed by atoms with E-state index in [9.17, 15) is 4.79 Å². The fourth-order valence-corrected chi connectivity index (χ4v) is 2.81. The Balaban J connectivity index is 2.26. The topological polar surface area (TPSA) is 30.0 Å². The molecule has 2 heteroatoms. The molecule has 1 aromatic carbocycles. The van der Waals surface area contributed by atoms with Crippen molar-refractivity contribution in [1.29, 1.82) is 0 Å². The lowest BCUT2D eigenvalue weighted by molar-refractivity contribution is 0.0903. The first-order chi connectivity index (χ1) is 10.8. The molecular weight excluding hydrogens is 270 g/mol. The van der Waals surface area contributed by atoms with E-state index in [2.05, 4.69) is 18.8 Å². The van der Waals surface area contributed by atoms with E-state index in [1.54, 1.807) is 6.20 Å². The van der Waals surface area contributed by atoms with Crippen molar-refractivity contribution in [2.24, 2.45) is 5.92 Å². The molecule has 0 fully saturated rings. The number of Topliss-reactive ketones (excluding diaryl/α,β-unsaturated/α-hetero) is 1. The van der Waals surface area contributed by atoms with Crippen molar-refractivity contribution < 1.29 is 4.79 Å². The molecule has 0 amide bonds. The fraction of sp³-hybridized carbons (Fsp3) is 0.400. The van der Waals surface area contributed by atoms with Gasteiger partial charge in [-0.25, -0.2) is 0 Å². The van der Waals surface area contributed by atoms with E-state index >= 15 is 0 Å². The van der Waals surface area contributed by atoms with Crippen molar-refractivity contribution in [2.75, 3.05) is 0 Å². The largest absolute Gasteiger partial charge is 0.292 e. The Hall–Kier alpha value is -1.96. The summed E-state index contributed by atoms with van der Waals surface area (Å²) in [5.74, 6) is 0.280. The van der Waals surface area contributed by atoms with E-state index in [0.717, 1.165) is 30.4 Å². The molecule has 1 atom stereocenters. The van der Waals surface area contributed by atoms with Crippen molar-refractivity contribution in [2.45, 2.75) is 46.0 Å². The van der Waals surface area contributed by atoms with E-state index in [1.807, 2.05) is 42.5 Å². The van der Waals surface area contributed by atoms with Gasteiger partial charge in [0.15, 0.2) is 5.78 Å². The van der Waals surface area contributed by atoms with Gasteiger partial charge in [-0.3, -0.25) is 9.78 Å². The molecule has 0 aliphatic heterocycles. The number of carbonyl (C=O) groups excluding carboxylic acids is 1. The van der Waals surface area contributed by atoms with Crippen molar-refractivity contribution in [3.8, 4) is 11.1 Å². The second kappa shape index (κ2) is 8.47. The molecule has 1 aromatic heterocycles. The third-order valence-corrected chi connectivity index (χ3v) is 4.15. The van der Waals surface area contributed by atoms with Crippen LogP contribution in [-0.2, 0) is 0 Å². The second-order valence-corrected chi connectivity index (χ2v) is 5.73. The maximum atomic E-state index is 12.9. The van der Waals surface area contributed by atoms with E-state index in [1.165, 1.54) is 12.8 Å². The van der Waals surface area contributed by atoms with Crippen LogP contribution in [0.15, 0.2) is 48.7 Å². The molecule has 0 N–H and O–H groups in total. The van der Waals surface area contributed by atoms with Crippen LogP contribution >= 0.6 is 0 Å². The van der Waals surface area contributed by atoms with Crippen LogP contribution in [0.5, 0.6) is 0 Å². The van der Waals surface area contributed by atoms with Gasteiger partial charge in [0.2, 0.25) is 0 Å². The zero-order chi connectivity index (χ0) is 15.8. The minimum Gasteiger partial charge on any atom is -0.292 e. The molecule has 0 radical (unpaired) electrons. The lowest BCUT2D eigenvalue weighted by atomic mass is 9.89. The number of carbonyl (C=O) groups is 1. The van der Waals surface area contributed by atoms with Gasteiger partial charge in [-0.05, 0) is 24.5 Å². The molecule has 1 heterocycles. The van der Waals surface area contributed by atoms with Gasteiger partial charge < -0.3 is 0 Å². The summed E-state index contributed by atoms with van der Waals surface area (Å²) >= 11 is 0. The summed E-state index contributed by atoms with van der Waals surface area (Å²) < 4.78 is 0. The van der Waals surface area contributed by atoms with Crippen molar-refractivity contribution >= 4 is 5.78 Å². The SMILES string of the molecule is CCCCCC(CC)C(=O)c1ncccc1-c1ccccc1. The van der Waals surface area contributed by atoms with E-state index < -0.39 is 0 Å². The molecule has 2 nitrogen and oxygen atoms in total. The lowest BCUT2D eigenvalue weighted by Crippen LogP contribution is -2.16. The lowest BCUT2D eigenvalue weighted by Gasteiger charge is -2.15. The highest BCUT2D eigenvalue weighted by Gasteiger charge is 2.22. The molecule has 2 rings (SSSR count). The number of unbranched alkanes of at least 4 members (excludes halogenated alkanes) is 2. The van der Waals surface area contributed by atoms with Crippen LogP contribution in [0.2, 0.25) is 0 Å².